The molecule has 1 fully saturated rings. The summed E-state index contributed by atoms with van der Waals surface area (Å²) in [5.41, 5.74) is 0.510. The van der Waals surface area contributed by atoms with Gasteiger partial charge in [0.2, 0.25) is 5.91 Å². The molecule has 1 heterocycles. The molecule has 4 nitrogen and oxygen atoms in total. The first-order chi connectivity index (χ1) is 10.1. The Balaban J connectivity index is 1.81. The van der Waals surface area contributed by atoms with Gasteiger partial charge in [-0.25, -0.2) is 4.39 Å². The Hall–Kier alpha value is -1.46. The maximum Gasteiger partial charge on any atom is 0.238 e. The summed E-state index contributed by atoms with van der Waals surface area (Å²) >= 11 is 0. The summed E-state index contributed by atoms with van der Waals surface area (Å²) < 4.78 is 13.1. The molecule has 0 aliphatic carbocycles. The van der Waals surface area contributed by atoms with Gasteiger partial charge in [-0.15, -0.1) is 0 Å². The molecule has 1 aliphatic heterocycles. The molecule has 2 rings (SSSR count). The monoisotopic (exact) mass is 293 g/mol. The van der Waals surface area contributed by atoms with E-state index in [1.165, 1.54) is 12.1 Å². The highest BCUT2D eigenvalue weighted by molar-refractivity contribution is 5.92. The molecule has 1 aromatic rings. The van der Waals surface area contributed by atoms with E-state index < -0.39 is 0 Å². The van der Waals surface area contributed by atoms with Gasteiger partial charge in [-0.3, -0.25) is 9.69 Å². The van der Waals surface area contributed by atoms with Crippen molar-refractivity contribution in [1.29, 1.82) is 0 Å². The van der Waals surface area contributed by atoms with Crippen molar-refractivity contribution in [3.05, 3.63) is 30.1 Å². The zero-order valence-corrected chi connectivity index (χ0v) is 12.7. The standard InChI is InChI=1S/C16H24FN3O/c1-3-18-15-7-8-20(10-12(15)2)11-16(21)19-14-6-4-5-13(17)9-14/h4-6,9,12,15,18H,3,7-8,10-11H2,1-2H3,(H,19,21). The fourth-order valence-electron chi connectivity index (χ4n) is 2.91. The van der Waals surface area contributed by atoms with Crippen LogP contribution in [0.1, 0.15) is 20.3 Å². The van der Waals surface area contributed by atoms with Crippen LogP contribution in [0.2, 0.25) is 0 Å². The van der Waals surface area contributed by atoms with Crippen LogP contribution in [0.15, 0.2) is 24.3 Å². The number of carbonyl (C=O) groups excluding carboxylic acids is 1. The Kier molecular flexibility index (Phi) is 5.70. The molecule has 1 saturated heterocycles. The van der Waals surface area contributed by atoms with E-state index in [1.807, 2.05) is 0 Å². The summed E-state index contributed by atoms with van der Waals surface area (Å²) in [7, 11) is 0. The summed E-state index contributed by atoms with van der Waals surface area (Å²) in [6.45, 7) is 7.50. The molecule has 2 N–H and O–H groups in total. The van der Waals surface area contributed by atoms with Gasteiger partial charge < -0.3 is 10.6 Å². The molecule has 0 spiro atoms. The summed E-state index contributed by atoms with van der Waals surface area (Å²) in [6.07, 6.45) is 1.06. The highest BCUT2D eigenvalue weighted by Crippen LogP contribution is 2.17. The van der Waals surface area contributed by atoms with E-state index in [0.29, 0.717) is 24.2 Å². The number of likely N-dealkylation sites (tertiary alicyclic amines) is 1. The number of piperidine rings is 1. The summed E-state index contributed by atoms with van der Waals surface area (Å²) in [6, 6.07) is 6.52. The number of hydrogen-bond acceptors (Lipinski definition) is 3. The van der Waals surface area contributed by atoms with Gasteiger partial charge >= 0.3 is 0 Å². The van der Waals surface area contributed by atoms with E-state index in [9.17, 15) is 9.18 Å². The zero-order chi connectivity index (χ0) is 15.2. The molecular formula is C16H24FN3O. The molecule has 116 valence electrons. The first-order valence-corrected chi connectivity index (χ1v) is 7.59. The van der Waals surface area contributed by atoms with Crippen LogP contribution in [-0.4, -0.2) is 43.0 Å². The van der Waals surface area contributed by atoms with E-state index in [0.717, 1.165) is 26.1 Å². The van der Waals surface area contributed by atoms with Crippen molar-refractivity contribution in [1.82, 2.24) is 10.2 Å². The van der Waals surface area contributed by atoms with E-state index >= 15 is 0 Å². The minimum Gasteiger partial charge on any atom is -0.325 e. The predicted molar refractivity (Wildman–Crippen MR) is 82.7 cm³/mol. The minimum absolute atomic E-state index is 0.0882. The van der Waals surface area contributed by atoms with Crippen molar-refractivity contribution in [2.45, 2.75) is 26.3 Å². The third-order valence-electron chi connectivity index (χ3n) is 3.93. The zero-order valence-electron chi connectivity index (χ0n) is 12.7. The van der Waals surface area contributed by atoms with Gasteiger partial charge in [0.05, 0.1) is 6.54 Å². The lowest BCUT2D eigenvalue weighted by atomic mass is 9.94. The van der Waals surface area contributed by atoms with Crippen LogP contribution in [-0.2, 0) is 4.79 Å². The highest BCUT2D eigenvalue weighted by atomic mass is 19.1. The lowest BCUT2D eigenvalue weighted by Gasteiger charge is -2.36. The average molecular weight is 293 g/mol. The number of nitrogens with one attached hydrogen (secondary N) is 2. The Morgan fingerprint density at radius 1 is 1.48 bits per heavy atom. The van der Waals surface area contributed by atoms with Crippen LogP contribution in [0.4, 0.5) is 10.1 Å². The number of amides is 1. The summed E-state index contributed by atoms with van der Waals surface area (Å²) in [5.74, 6) is 0.100. The van der Waals surface area contributed by atoms with Crippen molar-refractivity contribution in [2.24, 2.45) is 5.92 Å². The van der Waals surface area contributed by atoms with E-state index in [-0.39, 0.29) is 11.7 Å². The van der Waals surface area contributed by atoms with E-state index in [4.69, 9.17) is 0 Å². The third-order valence-corrected chi connectivity index (χ3v) is 3.93. The second-order valence-electron chi connectivity index (χ2n) is 5.72. The number of rotatable bonds is 5. The molecule has 1 aliphatic rings. The predicted octanol–water partition coefficient (Wildman–Crippen LogP) is 2.08. The SMILES string of the molecule is CCNC1CCN(CC(=O)Nc2cccc(F)c2)CC1C. The number of anilines is 1. The second kappa shape index (κ2) is 7.52. The third kappa shape index (κ3) is 4.79. The lowest BCUT2D eigenvalue weighted by Crippen LogP contribution is -2.49. The number of carbonyl (C=O) groups is 1. The molecule has 0 radical (unpaired) electrons. The maximum atomic E-state index is 13.1. The number of nitrogens with zero attached hydrogens (tertiary/aromatic N) is 1. The Morgan fingerprint density at radius 2 is 2.29 bits per heavy atom. The molecule has 0 bridgehead atoms. The van der Waals surface area contributed by atoms with Gasteiger partial charge in [-0.05, 0) is 37.1 Å². The summed E-state index contributed by atoms with van der Waals surface area (Å²) in [4.78, 5) is 14.2. The quantitative estimate of drug-likeness (QED) is 0.873. The smallest absolute Gasteiger partial charge is 0.238 e. The van der Waals surface area contributed by atoms with Crippen molar-refractivity contribution in [3.63, 3.8) is 0 Å². The van der Waals surface area contributed by atoms with Crippen molar-refractivity contribution < 1.29 is 9.18 Å². The van der Waals surface area contributed by atoms with Crippen LogP contribution in [0.25, 0.3) is 0 Å². The minimum atomic E-state index is -0.340. The topological polar surface area (TPSA) is 44.4 Å². The molecular weight excluding hydrogens is 269 g/mol. The maximum absolute atomic E-state index is 13.1. The van der Waals surface area contributed by atoms with Crippen LogP contribution in [0, 0.1) is 11.7 Å². The fraction of sp³-hybridized carbons (Fsp3) is 0.562. The van der Waals surface area contributed by atoms with Crippen molar-refractivity contribution in [3.8, 4) is 0 Å². The van der Waals surface area contributed by atoms with Gasteiger partial charge in [0.15, 0.2) is 0 Å². The van der Waals surface area contributed by atoms with Crippen LogP contribution in [0.3, 0.4) is 0 Å². The van der Waals surface area contributed by atoms with E-state index in [1.54, 1.807) is 12.1 Å². The fourth-order valence-corrected chi connectivity index (χ4v) is 2.91. The number of hydrogen-bond donors (Lipinski definition) is 2. The lowest BCUT2D eigenvalue weighted by molar-refractivity contribution is -0.117. The molecule has 2 unspecified atom stereocenters. The Labute approximate surface area is 125 Å². The molecule has 5 heteroatoms. The van der Waals surface area contributed by atoms with Crippen molar-refractivity contribution in [2.75, 3.05) is 31.5 Å². The normalized spacial score (nSPS) is 23.0. The Bertz CT molecular complexity index is 480. The van der Waals surface area contributed by atoms with Gasteiger partial charge in [0.25, 0.3) is 0 Å². The molecule has 0 saturated carbocycles. The molecule has 1 aromatic carbocycles. The summed E-state index contributed by atoms with van der Waals surface area (Å²) in [5, 5.41) is 6.23. The number of benzene rings is 1. The highest BCUT2D eigenvalue weighted by Gasteiger charge is 2.26. The van der Waals surface area contributed by atoms with Gasteiger partial charge in [0.1, 0.15) is 5.82 Å². The van der Waals surface area contributed by atoms with E-state index in [2.05, 4.69) is 29.4 Å². The van der Waals surface area contributed by atoms with Gasteiger partial charge in [-0.1, -0.05) is 19.9 Å². The van der Waals surface area contributed by atoms with Crippen molar-refractivity contribution >= 4 is 11.6 Å². The van der Waals surface area contributed by atoms with Crippen LogP contribution < -0.4 is 10.6 Å². The molecule has 1 amide bonds. The van der Waals surface area contributed by atoms with Gasteiger partial charge in [-0.2, -0.15) is 0 Å². The molecule has 0 aromatic heterocycles. The second-order valence-corrected chi connectivity index (χ2v) is 5.72. The largest absolute Gasteiger partial charge is 0.325 e. The first-order valence-electron chi connectivity index (χ1n) is 7.59. The van der Waals surface area contributed by atoms with Gasteiger partial charge in [0, 0.05) is 24.8 Å². The number of halogens is 1. The average Bonchev–Trinajstić information content (AvgIpc) is 2.42. The van der Waals surface area contributed by atoms with Crippen LogP contribution >= 0.6 is 0 Å². The molecule has 2 atom stereocenters. The first kappa shape index (κ1) is 15.9. The Morgan fingerprint density at radius 3 is 2.95 bits per heavy atom. The van der Waals surface area contributed by atoms with Crippen LogP contribution in [0.5, 0.6) is 0 Å². The molecule has 21 heavy (non-hydrogen) atoms.